The average Bonchev–Trinajstić information content (AvgIpc) is 2.77. The predicted molar refractivity (Wildman–Crippen MR) is 125 cm³/mol. The first-order valence-electron chi connectivity index (χ1n) is 10.5. The van der Waals surface area contributed by atoms with Gasteiger partial charge in [-0.3, -0.25) is 4.79 Å². The first-order valence-corrected chi connectivity index (χ1v) is 11.3. The molecule has 34 heavy (non-hydrogen) atoms. The zero-order chi connectivity index (χ0) is 25.1. The molecule has 1 atom stereocenters. The maximum Gasteiger partial charge on any atom is 0.446 e. The number of aromatic nitrogens is 2. The molecule has 2 aromatic carbocycles. The molecule has 1 heterocycles. The number of ether oxygens (including phenoxy) is 1. The summed E-state index contributed by atoms with van der Waals surface area (Å²) in [5, 5.41) is 3.12. The second kappa shape index (κ2) is 10.1. The Morgan fingerprint density at radius 1 is 1.12 bits per heavy atom. The Morgan fingerprint density at radius 2 is 1.79 bits per heavy atom. The van der Waals surface area contributed by atoms with Gasteiger partial charge in [-0.05, 0) is 67.4 Å². The lowest BCUT2D eigenvalue weighted by Crippen LogP contribution is -2.27. The van der Waals surface area contributed by atoms with Crippen LogP contribution in [0.5, 0.6) is 5.75 Å². The molecule has 1 aromatic heterocycles. The number of hydrogen-bond donors (Lipinski definition) is 2. The van der Waals surface area contributed by atoms with Gasteiger partial charge in [-0.15, -0.1) is 0 Å². The van der Waals surface area contributed by atoms with Crippen LogP contribution < -0.4 is 15.6 Å². The molecule has 3 aromatic rings. The molecule has 3 rings (SSSR count). The minimum atomic E-state index is -4.58. The fraction of sp³-hybridized carbons (Fsp3) is 0.333. The van der Waals surface area contributed by atoms with E-state index in [2.05, 4.69) is 15.3 Å². The van der Waals surface area contributed by atoms with Crippen LogP contribution in [0.25, 0.3) is 0 Å². The lowest BCUT2D eigenvalue weighted by Gasteiger charge is -2.26. The zero-order valence-corrected chi connectivity index (χ0v) is 19.9. The van der Waals surface area contributed by atoms with Crippen LogP contribution in [0, 0.1) is 5.82 Å². The van der Waals surface area contributed by atoms with Gasteiger partial charge in [-0.25, -0.2) is 9.37 Å². The number of nitrogens with zero attached hydrogens (tertiary/aromatic N) is 1. The molecule has 0 saturated carbocycles. The Balaban J connectivity index is 1.89. The van der Waals surface area contributed by atoms with Crippen LogP contribution in [-0.4, -0.2) is 22.6 Å². The number of benzene rings is 2. The van der Waals surface area contributed by atoms with Crippen molar-refractivity contribution in [2.24, 2.45) is 0 Å². The number of methoxy groups -OCH3 is 1. The van der Waals surface area contributed by atoms with Crippen LogP contribution in [0.15, 0.2) is 58.2 Å². The van der Waals surface area contributed by atoms with Crippen LogP contribution in [-0.2, 0) is 5.41 Å². The average molecular weight is 496 g/mol. The third-order valence-electron chi connectivity index (χ3n) is 5.46. The van der Waals surface area contributed by atoms with Crippen LogP contribution in [0.1, 0.15) is 50.2 Å². The highest BCUT2D eigenvalue weighted by Crippen LogP contribution is 2.39. The highest BCUT2D eigenvalue weighted by atomic mass is 32.2. The van der Waals surface area contributed by atoms with Crippen molar-refractivity contribution < 1.29 is 22.3 Å². The molecule has 10 heteroatoms. The van der Waals surface area contributed by atoms with Gasteiger partial charge in [0.05, 0.1) is 18.0 Å². The molecule has 0 saturated heterocycles. The summed E-state index contributed by atoms with van der Waals surface area (Å²) in [6.45, 7) is 5.67. The Kier molecular flexibility index (Phi) is 7.60. The highest BCUT2D eigenvalue weighted by Gasteiger charge is 2.31. The Hall–Kier alpha value is -3.01. The molecule has 0 aliphatic heterocycles. The number of nitrogens with one attached hydrogen (secondary N) is 2. The molecule has 2 N–H and O–H groups in total. The standard InChI is InChI=1S/C24H25F4N3O2S/c1-5-18(14-6-11-19(17(25)12-14)34-24(26,27)28)29-20-13-21(32)31-22(30-20)23(2,3)15-7-9-16(33-4)10-8-15/h6-13,18H,5H2,1-4H3,(H2,29,30,31,32)/t18-/m1/s1. The van der Waals surface area contributed by atoms with Gasteiger partial charge in [0, 0.05) is 11.5 Å². The second-order valence-corrected chi connectivity index (χ2v) is 9.28. The second-order valence-electron chi connectivity index (χ2n) is 8.18. The van der Waals surface area contributed by atoms with Gasteiger partial charge in [0.2, 0.25) is 0 Å². The summed E-state index contributed by atoms with van der Waals surface area (Å²) < 4.78 is 57.3. The number of anilines is 1. The van der Waals surface area contributed by atoms with Crippen molar-refractivity contribution in [1.29, 1.82) is 0 Å². The van der Waals surface area contributed by atoms with E-state index in [9.17, 15) is 22.4 Å². The van der Waals surface area contributed by atoms with E-state index in [1.165, 1.54) is 12.1 Å². The SMILES string of the molecule is CC[C@@H](Nc1cc(=O)[nH]c(C(C)(C)c2ccc(OC)cc2)n1)c1ccc(SC(F)(F)F)c(F)c1. The van der Waals surface area contributed by atoms with Gasteiger partial charge in [-0.1, -0.05) is 25.1 Å². The Morgan fingerprint density at radius 3 is 2.35 bits per heavy atom. The molecule has 0 spiro atoms. The van der Waals surface area contributed by atoms with Crippen molar-refractivity contribution in [3.63, 3.8) is 0 Å². The van der Waals surface area contributed by atoms with E-state index in [1.54, 1.807) is 7.11 Å². The first-order chi connectivity index (χ1) is 15.9. The monoisotopic (exact) mass is 495 g/mol. The maximum atomic E-state index is 14.3. The summed E-state index contributed by atoms with van der Waals surface area (Å²) in [6, 6.07) is 11.9. The number of aromatic amines is 1. The van der Waals surface area contributed by atoms with E-state index in [0.29, 0.717) is 23.6 Å². The van der Waals surface area contributed by atoms with E-state index in [1.807, 2.05) is 45.0 Å². The van der Waals surface area contributed by atoms with Crippen LogP contribution in [0.3, 0.4) is 0 Å². The van der Waals surface area contributed by atoms with Crippen molar-refractivity contribution in [2.75, 3.05) is 12.4 Å². The molecule has 0 amide bonds. The summed E-state index contributed by atoms with van der Waals surface area (Å²) in [6.07, 6.45) is 0.483. The number of rotatable bonds is 8. The number of halogens is 4. The number of H-pyrrole nitrogens is 1. The molecule has 0 bridgehead atoms. The molecule has 0 aliphatic carbocycles. The van der Waals surface area contributed by atoms with Crippen molar-refractivity contribution >= 4 is 17.6 Å². The van der Waals surface area contributed by atoms with Crippen molar-refractivity contribution in [3.05, 3.63) is 81.7 Å². The summed E-state index contributed by atoms with van der Waals surface area (Å²) in [5.41, 5.74) is -4.24. The van der Waals surface area contributed by atoms with Crippen LogP contribution >= 0.6 is 11.8 Å². The van der Waals surface area contributed by atoms with Crippen LogP contribution in [0.2, 0.25) is 0 Å². The fourth-order valence-corrected chi connectivity index (χ4v) is 4.05. The summed E-state index contributed by atoms with van der Waals surface area (Å²) in [4.78, 5) is 19.3. The summed E-state index contributed by atoms with van der Waals surface area (Å²) in [7, 11) is 1.58. The lowest BCUT2D eigenvalue weighted by molar-refractivity contribution is -0.0329. The molecule has 0 aliphatic rings. The summed E-state index contributed by atoms with van der Waals surface area (Å²) >= 11 is -0.495. The Bertz CT molecular complexity index is 1190. The van der Waals surface area contributed by atoms with E-state index < -0.39 is 39.4 Å². The van der Waals surface area contributed by atoms with Gasteiger partial charge in [-0.2, -0.15) is 13.2 Å². The predicted octanol–water partition coefficient (Wildman–Crippen LogP) is 6.42. The third kappa shape index (κ3) is 6.11. The van der Waals surface area contributed by atoms with Gasteiger partial charge < -0.3 is 15.0 Å². The van der Waals surface area contributed by atoms with E-state index in [4.69, 9.17) is 4.74 Å². The minimum Gasteiger partial charge on any atom is -0.497 e. The maximum absolute atomic E-state index is 14.3. The molecule has 0 fully saturated rings. The lowest BCUT2D eigenvalue weighted by atomic mass is 9.83. The molecule has 0 unspecified atom stereocenters. The topological polar surface area (TPSA) is 67.0 Å². The highest BCUT2D eigenvalue weighted by molar-refractivity contribution is 8.00. The van der Waals surface area contributed by atoms with Gasteiger partial charge in [0.15, 0.2) is 0 Å². The van der Waals surface area contributed by atoms with E-state index in [0.717, 1.165) is 17.7 Å². The van der Waals surface area contributed by atoms with Crippen molar-refractivity contribution in [2.45, 2.75) is 49.1 Å². The molecular formula is C24H25F4N3O2S. The van der Waals surface area contributed by atoms with Gasteiger partial charge in [0.1, 0.15) is 23.2 Å². The van der Waals surface area contributed by atoms with Crippen LogP contribution in [0.4, 0.5) is 23.4 Å². The minimum absolute atomic E-state index is 0.279. The number of thioether (sulfide) groups is 1. The van der Waals surface area contributed by atoms with Crippen molar-refractivity contribution in [3.8, 4) is 5.75 Å². The van der Waals surface area contributed by atoms with E-state index in [-0.39, 0.29) is 11.4 Å². The summed E-state index contributed by atoms with van der Waals surface area (Å²) in [5.74, 6) is 0.446. The van der Waals surface area contributed by atoms with Crippen molar-refractivity contribution in [1.82, 2.24) is 9.97 Å². The fourth-order valence-electron chi connectivity index (χ4n) is 3.51. The molecule has 182 valence electrons. The Labute approximate surface area is 199 Å². The first kappa shape index (κ1) is 25.6. The van der Waals surface area contributed by atoms with Gasteiger partial charge >= 0.3 is 5.51 Å². The van der Waals surface area contributed by atoms with E-state index >= 15 is 0 Å². The largest absolute Gasteiger partial charge is 0.497 e. The zero-order valence-electron chi connectivity index (χ0n) is 19.1. The molecule has 5 nitrogen and oxygen atoms in total. The number of hydrogen-bond acceptors (Lipinski definition) is 5. The number of alkyl halides is 3. The molecular weight excluding hydrogens is 470 g/mol. The quantitative estimate of drug-likeness (QED) is 0.279. The smallest absolute Gasteiger partial charge is 0.446 e. The van der Waals surface area contributed by atoms with Gasteiger partial charge in [0.25, 0.3) is 5.56 Å². The molecule has 0 radical (unpaired) electrons. The third-order valence-corrected chi connectivity index (χ3v) is 6.24. The normalized spacial score (nSPS) is 12.9.